The number of rotatable bonds is 5. The van der Waals surface area contributed by atoms with Gasteiger partial charge in [0.1, 0.15) is 11.3 Å². The van der Waals surface area contributed by atoms with E-state index in [2.05, 4.69) is 24.8 Å². The molecule has 0 aliphatic rings. The maximum Gasteiger partial charge on any atom is 0.344 e. The minimum atomic E-state index is -0.329. The summed E-state index contributed by atoms with van der Waals surface area (Å²) < 4.78 is 10.7. The van der Waals surface area contributed by atoms with Crippen LogP contribution in [-0.2, 0) is 0 Å². The van der Waals surface area contributed by atoms with Crippen LogP contribution < -0.4 is 15.3 Å². The van der Waals surface area contributed by atoms with Crippen molar-refractivity contribution < 1.29 is 9.15 Å². The Kier molecular flexibility index (Phi) is 4.56. The molecule has 0 atom stereocenters. The van der Waals surface area contributed by atoms with Crippen LogP contribution in [0, 0.1) is 0 Å². The summed E-state index contributed by atoms with van der Waals surface area (Å²) in [7, 11) is 1.62. The first kappa shape index (κ1) is 16.1. The van der Waals surface area contributed by atoms with Crippen molar-refractivity contribution in [1.29, 1.82) is 0 Å². The Labute approximate surface area is 141 Å². The minimum absolute atomic E-state index is 0.329. The third kappa shape index (κ3) is 3.00. The zero-order valence-electron chi connectivity index (χ0n) is 14.2. The van der Waals surface area contributed by atoms with Crippen LogP contribution in [0.1, 0.15) is 13.8 Å². The van der Waals surface area contributed by atoms with Gasteiger partial charge in [-0.15, -0.1) is 0 Å². The SMILES string of the molecule is CCN(CC)c1ccc2cc(-c3ccc(OC)cc3)c(=O)oc2c1. The monoisotopic (exact) mass is 323 g/mol. The molecular formula is C20H21NO3. The molecule has 1 aromatic heterocycles. The Morgan fingerprint density at radius 3 is 2.33 bits per heavy atom. The highest BCUT2D eigenvalue weighted by atomic mass is 16.5. The molecule has 3 aromatic rings. The van der Waals surface area contributed by atoms with E-state index in [1.54, 1.807) is 7.11 Å². The van der Waals surface area contributed by atoms with Crippen molar-refractivity contribution in [1.82, 2.24) is 0 Å². The first-order valence-corrected chi connectivity index (χ1v) is 8.13. The molecule has 0 aliphatic heterocycles. The molecule has 0 amide bonds. The summed E-state index contributed by atoms with van der Waals surface area (Å²) in [5.74, 6) is 0.757. The van der Waals surface area contributed by atoms with Crippen molar-refractivity contribution in [3.8, 4) is 16.9 Å². The quantitative estimate of drug-likeness (QED) is 0.656. The van der Waals surface area contributed by atoms with Gasteiger partial charge in [0.15, 0.2) is 0 Å². The van der Waals surface area contributed by atoms with Crippen LogP contribution in [0.15, 0.2) is 57.7 Å². The van der Waals surface area contributed by atoms with Crippen molar-refractivity contribution in [2.75, 3.05) is 25.1 Å². The topological polar surface area (TPSA) is 42.7 Å². The van der Waals surface area contributed by atoms with Crippen molar-refractivity contribution in [2.24, 2.45) is 0 Å². The number of methoxy groups -OCH3 is 1. The maximum absolute atomic E-state index is 12.4. The van der Waals surface area contributed by atoms with Gasteiger partial charge in [0, 0.05) is 30.2 Å². The highest BCUT2D eigenvalue weighted by molar-refractivity contribution is 5.84. The lowest BCUT2D eigenvalue weighted by Crippen LogP contribution is -2.21. The lowest BCUT2D eigenvalue weighted by atomic mass is 10.1. The third-order valence-corrected chi connectivity index (χ3v) is 4.25. The second-order valence-corrected chi connectivity index (χ2v) is 5.57. The summed E-state index contributed by atoms with van der Waals surface area (Å²) in [5, 5.41) is 0.913. The smallest absolute Gasteiger partial charge is 0.344 e. The summed E-state index contributed by atoms with van der Waals surface area (Å²) in [6.45, 7) is 6.04. The summed E-state index contributed by atoms with van der Waals surface area (Å²) in [5.41, 5.74) is 2.72. The summed E-state index contributed by atoms with van der Waals surface area (Å²) >= 11 is 0. The first-order chi connectivity index (χ1) is 11.7. The molecule has 0 aliphatic carbocycles. The Morgan fingerprint density at radius 1 is 1.00 bits per heavy atom. The van der Waals surface area contributed by atoms with Crippen molar-refractivity contribution in [2.45, 2.75) is 13.8 Å². The van der Waals surface area contributed by atoms with Gasteiger partial charge in [-0.1, -0.05) is 12.1 Å². The zero-order chi connectivity index (χ0) is 17.1. The Hall–Kier alpha value is -2.75. The Morgan fingerprint density at radius 2 is 1.71 bits per heavy atom. The highest BCUT2D eigenvalue weighted by Crippen LogP contribution is 2.26. The predicted molar refractivity (Wildman–Crippen MR) is 98.0 cm³/mol. The van der Waals surface area contributed by atoms with E-state index in [1.807, 2.05) is 42.5 Å². The number of ether oxygens (including phenoxy) is 1. The van der Waals surface area contributed by atoms with Crippen LogP contribution >= 0.6 is 0 Å². The van der Waals surface area contributed by atoms with Gasteiger partial charge < -0.3 is 14.1 Å². The van der Waals surface area contributed by atoms with Gasteiger partial charge in [-0.3, -0.25) is 0 Å². The van der Waals surface area contributed by atoms with E-state index in [1.165, 1.54) is 0 Å². The van der Waals surface area contributed by atoms with Crippen molar-refractivity contribution in [3.05, 3.63) is 59.0 Å². The molecule has 0 bridgehead atoms. The molecule has 0 radical (unpaired) electrons. The molecule has 0 N–H and O–H groups in total. The van der Waals surface area contributed by atoms with Crippen molar-refractivity contribution in [3.63, 3.8) is 0 Å². The fraction of sp³-hybridized carbons (Fsp3) is 0.250. The van der Waals surface area contributed by atoms with Gasteiger partial charge in [0.2, 0.25) is 0 Å². The standard InChI is InChI=1S/C20H21NO3/c1-4-21(5-2)16-9-6-15-12-18(20(22)24-19(15)13-16)14-7-10-17(23-3)11-8-14/h6-13H,4-5H2,1-3H3. The van der Waals surface area contributed by atoms with Crippen LogP contribution in [-0.4, -0.2) is 20.2 Å². The van der Waals surface area contributed by atoms with Crippen LogP contribution in [0.4, 0.5) is 5.69 Å². The Balaban J connectivity index is 2.07. The normalized spacial score (nSPS) is 10.8. The minimum Gasteiger partial charge on any atom is -0.497 e. The molecule has 4 nitrogen and oxygen atoms in total. The number of anilines is 1. The van der Waals surface area contributed by atoms with E-state index >= 15 is 0 Å². The molecule has 0 unspecified atom stereocenters. The molecule has 0 fully saturated rings. The molecule has 4 heteroatoms. The fourth-order valence-electron chi connectivity index (χ4n) is 2.86. The number of benzene rings is 2. The predicted octanol–water partition coefficient (Wildman–Crippen LogP) is 4.31. The number of nitrogens with zero attached hydrogens (tertiary/aromatic N) is 1. The average molecular weight is 323 g/mol. The number of hydrogen-bond acceptors (Lipinski definition) is 4. The van der Waals surface area contributed by atoms with E-state index in [9.17, 15) is 4.79 Å². The molecule has 0 saturated carbocycles. The van der Waals surface area contributed by atoms with Gasteiger partial charge in [-0.05, 0) is 49.7 Å². The summed E-state index contributed by atoms with van der Waals surface area (Å²) in [6, 6.07) is 15.3. The number of fused-ring (bicyclic) bond motifs is 1. The molecule has 0 spiro atoms. The first-order valence-electron chi connectivity index (χ1n) is 8.13. The van der Waals surface area contributed by atoms with Gasteiger partial charge >= 0.3 is 5.63 Å². The van der Waals surface area contributed by atoms with Gasteiger partial charge in [-0.25, -0.2) is 4.79 Å². The molecule has 2 aromatic carbocycles. The summed E-state index contributed by atoms with van der Waals surface area (Å²) in [6.07, 6.45) is 0. The van der Waals surface area contributed by atoms with E-state index in [-0.39, 0.29) is 5.63 Å². The van der Waals surface area contributed by atoms with Gasteiger partial charge in [0.25, 0.3) is 0 Å². The van der Waals surface area contributed by atoms with Crippen LogP contribution in [0.25, 0.3) is 22.1 Å². The zero-order valence-corrected chi connectivity index (χ0v) is 14.2. The highest BCUT2D eigenvalue weighted by Gasteiger charge is 2.10. The van der Waals surface area contributed by atoms with E-state index in [0.29, 0.717) is 11.1 Å². The second kappa shape index (κ2) is 6.79. The average Bonchev–Trinajstić information content (AvgIpc) is 2.62. The second-order valence-electron chi connectivity index (χ2n) is 5.57. The fourth-order valence-corrected chi connectivity index (χ4v) is 2.86. The molecular weight excluding hydrogens is 302 g/mol. The number of hydrogen-bond donors (Lipinski definition) is 0. The lowest BCUT2D eigenvalue weighted by molar-refractivity contribution is 0.415. The molecule has 24 heavy (non-hydrogen) atoms. The van der Waals surface area contributed by atoms with Crippen LogP contribution in [0.3, 0.4) is 0 Å². The van der Waals surface area contributed by atoms with Gasteiger partial charge in [0.05, 0.1) is 12.7 Å². The molecule has 1 heterocycles. The molecule has 124 valence electrons. The lowest BCUT2D eigenvalue weighted by Gasteiger charge is -2.21. The largest absolute Gasteiger partial charge is 0.497 e. The van der Waals surface area contributed by atoms with Crippen LogP contribution in [0.2, 0.25) is 0 Å². The summed E-state index contributed by atoms with van der Waals surface area (Å²) in [4.78, 5) is 14.6. The van der Waals surface area contributed by atoms with Crippen LogP contribution in [0.5, 0.6) is 5.75 Å². The third-order valence-electron chi connectivity index (χ3n) is 4.25. The van der Waals surface area contributed by atoms with E-state index in [0.717, 1.165) is 35.5 Å². The van der Waals surface area contributed by atoms with Gasteiger partial charge in [-0.2, -0.15) is 0 Å². The van der Waals surface area contributed by atoms with E-state index in [4.69, 9.17) is 9.15 Å². The van der Waals surface area contributed by atoms with E-state index < -0.39 is 0 Å². The Bertz CT molecular complexity index is 893. The van der Waals surface area contributed by atoms with Crippen molar-refractivity contribution >= 4 is 16.7 Å². The molecule has 0 saturated heterocycles. The maximum atomic E-state index is 12.4. The molecule has 3 rings (SSSR count).